The van der Waals surface area contributed by atoms with Crippen LogP contribution < -0.4 is 15.8 Å². The van der Waals surface area contributed by atoms with Gasteiger partial charge in [-0.05, 0) is 31.9 Å². The second kappa shape index (κ2) is 8.16. The van der Waals surface area contributed by atoms with Gasteiger partial charge in [-0.3, -0.25) is 9.59 Å². The SMILES string of the molecule is CC(O)CCCNC(=O)COc1ccccc1C(N)=O. The molecule has 0 saturated carbocycles. The average molecular weight is 280 g/mol. The molecule has 0 aliphatic rings. The molecule has 110 valence electrons. The monoisotopic (exact) mass is 280 g/mol. The number of rotatable bonds is 8. The first-order valence-electron chi connectivity index (χ1n) is 6.47. The summed E-state index contributed by atoms with van der Waals surface area (Å²) in [4.78, 5) is 22.7. The summed E-state index contributed by atoms with van der Waals surface area (Å²) in [6.07, 6.45) is 0.956. The van der Waals surface area contributed by atoms with Gasteiger partial charge in [0.15, 0.2) is 6.61 Å². The Bertz CT molecular complexity index is 460. The average Bonchev–Trinajstić information content (AvgIpc) is 2.41. The topological polar surface area (TPSA) is 102 Å². The highest BCUT2D eigenvalue weighted by Gasteiger charge is 2.10. The van der Waals surface area contributed by atoms with Crippen molar-refractivity contribution in [2.45, 2.75) is 25.9 Å². The van der Waals surface area contributed by atoms with Crippen LogP contribution in [0.4, 0.5) is 0 Å². The number of hydrogen-bond donors (Lipinski definition) is 3. The molecule has 1 aromatic rings. The highest BCUT2D eigenvalue weighted by atomic mass is 16.5. The summed E-state index contributed by atoms with van der Waals surface area (Å²) >= 11 is 0. The van der Waals surface area contributed by atoms with Gasteiger partial charge in [-0.2, -0.15) is 0 Å². The van der Waals surface area contributed by atoms with Gasteiger partial charge in [-0.25, -0.2) is 0 Å². The molecule has 0 aliphatic carbocycles. The van der Waals surface area contributed by atoms with Crippen LogP contribution in [0.25, 0.3) is 0 Å². The van der Waals surface area contributed by atoms with E-state index in [2.05, 4.69) is 5.32 Å². The van der Waals surface area contributed by atoms with Gasteiger partial charge in [-0.1, -0.05) is 12.1 Å². The van der Waals surface area contributed by atoms with Crippen LogP contribution in [-0.2, 0) is 4.79 Å². The number of carbonyl (C=O) groups is 2. The van der Waals surface area contributed by atoms with Crippen molar-refractivity contribution >= 4 is 11.8 Å². The van der Waals surface area contributed by atoms with Crippen molar-refractivity contribution in [2.75, 3.05) is 13.2 Å². The van der Waals surface area contributed by atoms with Crippen LogP contribution in [0.15, 0.2) is 24.3 Å². The molecule has 20 heavy (non-hydrogen) atoms. The molecule has 1 atom stereocenters. The van der Waals surface area contributed by atoms with E-state index in [0.29, 0.717) is 25.1 Å². The highest BCUT2D eigenvalue weighted by Crippen LogP contribution is 2.16. The molecular formula is C14H20N2O4. The van der Waals surface area contributed by atoms with Gasteiger partial charge in [0.25, 0.3) is 11.8 Å². The number of aliphatic hydroxyl groups is 1. The third-order valence-corrected chi connectivity index (χ3v) is 2.63. The molecule has 6 heteroatoms. The summed E-state index contributed by atoms with van der Waals surface area (Å²) in [6, 6.07) is 6.49. The van der Waals surface area contributed by atoms with Gasteiger partial charge in [0, 0.05) is 6.54 Å². The number of benzene rings is 1. The van der Waals surface area contributed by atoms with Gasteiger partial charge in [0.05, 0.1) is 11.7 Å². The van der Waals surface area contributed by atoms with Crippen LogP contribution in [0.2, 0.25) is 0 Å². The van der Waals surface area contributed by atoms with Crippen LogP contribution >= 0.6 is 0 Å². The zero-order valence-electron chi connectivity index (χ0n) is 11.5. The lowest BCUT2D eigenvalue weighted by atomic mass is 10.2. The Balaban J connectivity index is 2.36. The van der Waals surface area contributed by atoms with Crippen molar-refractivity contribution in [2.24, 2.45) is 5.73 Å². The minimum Gasteiger partial charge on any atom is -0.483 e. The van der Waals surface area contributed by atoms with Crippen LogP contribution in [-0.4, -0.2) is 36.2 Å². The first-order chi connectivity index (χ1) is 9.50. The van der Waals surface area contributed by atoms with E-state index >= 15 is 0 Å². The Morgan fingerprint density at radius 2 is 2.10 bits per heavy atom. The number of nitrogens with two attached hydrogens (primary N) is 1. The summed E-state index contributed by atoms with van der Waals surface area (Å²) in [6.45, 7) is 2.00. The molecule has 1 rings (SSSR count). The fourth-order valence-corrected chi connectivity index (χ4v) is 1.62. The minimum atomic E-state index is -0.599. The van der Waals surface area contributed by atoms with E-state index in [4.69, 9.17) is 15.6 Å². The maximum absolute atomic E-state index is 11.5. The van der Waals surface area contributed by atoms with E-state index in [1.54, 1.807) is 25.1 Å². The molecule has 0 fully saturated rings. The highest BCUT2D eigenvalue weighted by molar-refractivity contribution is 5.95. The van der Waals surface area contributed by atoms with E-state index in [-0.39, 0.29) is 24.2 Å². The maximum atomic E-state index is 11.5. The largest absolute Gasteiger partial charge is 0.483 e. The number of amides is 2. The second-order valence-corrected chi connectivity index (χ2v) is 4.49. The molecular weight excluding hydrogens is 260 g/mol. The molecule has 2 amide bonds. The molecule has 0 saturated heterocycles. The summed E-state index contributed by atoms with van der Waals surface area (Å²) in [5.74, 6) is -0.591. The number of primary amides is 1. The molecule has 1 unspecified atom stereocenters. The molecule has 4 N–H and O–H groups in total. The zero-order chi connectivity index (χ0) is 15.0. The van der Waals surface area contributed by atoms with Gasteiger partial charge in [-0.15, -0.1) is 0 Å². The predicted octanol–water partition coefficient (Wildman–Crippen LogP) is 0.441. The van der Waals surface area contributed by atoms with Gasteiger partial charge < -0.3 is 20.9 Å². The van der Waals surface area contributed by atoms with Crippen molar-refractivity contribution < 1.29 is 19.4 Å². The summed E-state index contributed by atoms with van der Waals surface area (Å²) < 4.78 is 5.28. The van der Waals surface area contributed by atoms with E-state index in [0.717, 1.165) is 0 Å². The minimum absolute atomic E-state index is 0.182. The van der Waals surface area contributed by atoms with E-state index in [1.165, 1.54) is 6.07 Å². The Morgan fingerprint density at radius 1 is 1.40 bits per heavy atom. The fourth-order valence-electron chi connectivity index (χ4n) is 1.62. The number of aliphatic hydroxyl groups excluding tert-OH is 1. The molecule has 0 radical (unpaired) electrons. The van der Waals surface area contributed by atoms with E-state index < -0.39 is 5.91 Å². The Morgan fingerprint density at radius 3 is 2.75 bits per heavy atom. The van der Waals surface area contributed by atoms with Crippen LogP contribution in [0, 0.1) is 0 Å². The lowest BCUT2D eigenvalue weighted by Crippen LogP contribution is -2.30. The lowest BCUT2D eigenvalue weighted by Gasteiger charge is -2.10. The van der Waals surface area contributed by atoms with E-state index in [9.17, 15) is 9.59 Å². The number of para-hydroxylation sites is 1. The maximum Gasteiger partial charge on any atom is 0.257 e. The third kappa shape index (κ3) is 5.71. The van der Waals surface area contributed by atoms with Crippen LogP contribution in [0.1, 0.15) is 30.1 Å². The molecule has 0 spiro atoms. The fraction of sp³-hybridized carbons (Fsp3) is 0.429. The van der Waals surface area contributed by atoms with Crippen LogP contribution in [0.3, 0.4) is 0 Å². The van der Waals surface area contributed by atoms with Crippen molar-refractivity contribution in [1.82, 2.24) is 5.32 Å². The van der Waals surface area contributed by atoms with Gasteiger partial charge in [0.1, 0.15) is 5.75 Å². The Kier molecular flexibility index (Phi) is 6.52. The molecule has 0 aliphatic heterocycles. The second-order valence-electron chi connectivity index (χ2n) is 4.49. The number of nitrogens with one attached hydrogen (secondary N) is 1. The predicted molar refractivity (Wildman–Crippen MR) is 74.4 cm³/mol. The molecule has 6 nitrogen and oxygen atoms in total. The first-order valence-corrected chi connectivity index (χ1v) is 6.47. The molecule has 0 bridgehead atoms. The van der Waals surface area contributed by atoms with Crippen molar-refractivity contribution in [3.63, 3.8) is 0 Å². The smallest absolute Gasteiger partial charge is 0.257 e. The molecule has 0 aromatic heterocycles. The van der Waals surface area contributed by atoms with Gasteiger partial charge in [0.2, 0.25) is 0 Å². The van der Waals surface area contributed by atoms with E-state index in [1.807, 2.05) is 0 Å². The summed E-state index contributed by atoms with van der Waals surface area (Å²) in [5, 5.41) is 11.7. The number of ether oxygens (including phenoxy) is 1. The Hall–Kier alpha value is -2.08. The van der Waals surface area contributed by atoms with Crippen molar-refractivity contribution in [3.05, 3.63) is 29.8 Å². The van der Waals surface area contributed by atoms with Gasteiger partial charge >= 0.3 is 0 Å². The molecule has 0 heterocycles. The number of carbonyl (C=O) groups excluding carboxylic acids is 2. The lowest BCUT2D eigenvalue weighted by molar-refractivity contribution is -0.123. The summed E-state index contributed by atoms with van der Waals surface area (Å²) in [5.41, 5.74) is 5.45. The normalized spacial score (nSPS) is 11.7. The zero-order valence-corrected chi connectivity index (χ0v) is 11.5. The quantitative estimate of drug-likeness (QED) is 0.601. The summed E-state index contributed by atoms with van der Waals surface area (Å²) in [7, 11) is 0. The first kappa shape index (κ1) is 16.0. The third-order valence-electron chi connectivity index (χ3n) is 2.63. The molecule has 1 aromatic carbocycles. The Labute approximate surface area is 117 Å². The van der Waals surface area contributed by atoms with Crippen molar-refractivity contribution in [3.8, 4) is 5.75 Å². The van der Waals surface area contributed by atoms with Crippen molar-refractivity contribution in [1.29, 1.82) is 0 Å². The number of hydrogen-bond acceptors (Lipinski definition) is 4. The standard InChI is InChI=1S/C14H20N2O4/c1-10(17)5-4-8-16-13(18)9-20-12-7-3-2-6-11(12)14(15)19/h2-3,6-7,10,17H,4-5,8-9H2,1H3,(H2,15,19)(H,16,18). The van der Waals surface area contributed by atoms with Crippen LogP contribution in [0.5, 0.6) is 5.75 Å².